The Morgan fingerprint density at radius 1 is 1.00 bits per heavy atom. The lowest BCUT2D eigenvalue weighted by Gasteiger charge is -2.37. The third-order valence-corrected chi connectivity index (χ3v) is 12.3. The van der Waals surface area contributed by atoms with Gasteiger partial charge in [-0.05, 0) is 98.1 Å². The average molecular weight is 678 g/mol. The van der Waals surface area contributed by atoms with E-state index in [1.54, 1.807) is 6.07 Å². The van der Waals surface area contributed by atoms with Gasteiger partial charge in [0.1, 0.15) is 22.9 Å². The summed E-state index contributed by atoms with van der Waals surface area (Å²) in [6, 6.07) is 9.77. The van der Waals surface area contributed by atoms with Crippen molar-refractivity contribution in [2.45, 2.75) is 81.5 Å². The first-order valence-corrected chi connectivity index (χ1v) is 18.3. The molecule has 5 heterocycles. The molecule has 4 saturated heterocycles. The maximum atomic E-state index is 17.6. The number of benzene rings is 3. The molecule has 2 aliphatic carbocycles. The molecule has 0 radical (unpaired) electrons. The first kappa shape index (κ1) is 30.8. The highest BCUT2D eigenvalue weighted by atomic mass is 19.1. The van der Waals surface area contributed by atoms with Crippen molar-refractivity contribution in [1.82, 2.24) is 20.2 Å². The lowest BCUT2D eigenvalue weighted by atomic mass is 9.88. The standard InChI is InChI=1S/C40H41F2N5O3/c1-2-29-33(41)10-5-23-13-28(48)14-31(34(23)29)35-30(22-3-4-22)15-32-37(36(35)42)44-39(45-38(32)46-16-24-6-7-25(17-46)43-24)50-21-40(11-12-40)20-47-26-8-9-27(47)19-49-18-26/h1,5,10,13-15,22,24-27,43,48H,3-4,6-9,11-12,16-21H2. The van der Waals surface area contributed by atoms with Gasteiger partial charge in [-0.3, -0.25) is 4.90 Å². The van der Waals surface area contributed by atoms with Gasteiger partial charge in [0.05, 0.1) is 25.4 Å². The van der Waals surface area contributed by atoms with E-state index < -0.39 is 11.6 Å². The topological polar surface area (TPSA) is 83.0 Å². The van der Waals surface area contributed by atoms with Crippen LogP contribution in [-0.4, -0.2) is 83.6 Å². The average Bonchev–Trinajstić information content (AvgIpc) is 4.04. The number of phenols is 1. The van der Waals surface area contributed by atoms with Gasteiger partial charge in [-0.1, -0.05) is 12.0 Å². The van der Waals surface area contributed by atoms with Gasteiger partial charge in [0.25, 0.3) is 0 Å². The summed E-state index contributed by atoms with van der Waals surface area (Å²) in [4.78, 5) is 14.8. The van der Waals surface area contributed by atoms with Crippen LogP contribution in [0.4, 0.5) is 14.6 Å². The quantitative estimate of drug-likeness (QED) is 0.212. The third kappa shape index (κ3) is 5.11. The van der Waals surface area contributed by atoms with Crippen molar-refractivity contribution in [3.63, 3.8) is 0 Å². The molecule has 0 amide bonds. The molecule has 3 aromatic carbocycles. The first-order chi connectivity index (χ1) is 24.4. The van der Waals surface area contributed by atoms with Gasteiger partial charge in [-0.15, -0.1) is 6.42 Å². The molecule has 10 rings (SSSR count). The van der Waals surface area contributed by atoms with E-state index in [4.69, 9.17) is 25.9 Å². The van der Waals surface area contributed by atoms with Gasteiger partial charge >= 0.3 is 6.01 Å². The van der Waals surface area contributed by atoms with E-state index in [0.717, 1.165) is 76.9 Å². The zero-order valence-corrected chi connectivity index (χ0v) is 28.1. The largest absolute Gasteiger partial charge is 0.508 e. The zero-order chi connectivity index (χ0) is 33.7. The molecule has 0 spiro atoms. The van der Waals surface area contributed by atoms with Gasteiger partial charge in [0.15, 0.2) is 5.82 Å². The van der Waals surface area contributed by atoms with Crippen LogP contribution in [0.15, 0.2) is 30.3 Å². The van der Waals surface area contributed by atoms with Crippen LogP contribution in [0, 0.1) is 29.4 Å². The summed E-state index contributed by atoms with van der Waals surface area (Å²) >= 11 is 0. The maximum Gasteiger partial charge on any atom is 0.319 e. The number of phenolic OH excluding ortho intramolecular Hbond substituents is 1. The summed E-state index contributed by atoms with van der Waals surface area (Å²) in [5, 5.41) is 16.1. The molecule has 4 bridgehead atoms. The van der Waals surface area contributed by atoms with E-state index in [9.17, 15) is 5.11 Å². The minimum absolute atomic E-state index is 0.0283. The fourth-order valence-electron chi connectivity index (χ4n) is 9.34. The minimum atomic E-state index is -0.561. The van der Waals surface area contributed by atoms with Gasteiger partial charge in [-0.2, -0.15) is 9.97 Å². The number of terminal acetylenes is 1. The van der Waals surface area contributed by atoms with Gasteiger partial charge in [-0.25, -0.2) is 8.78 Å². The van der Waals surface area contributed by atoms with Crippen LogP contribution in [0.5, 0.6) is 11.8 Å². The predicted molar refractivity (Wildman–Crippen MR) is 188 cm³/mol. The number of hydrogen-bond donors (Lipinski definition) is 2. The number of hydrogen-bond acceptors (Lipinski definition) is 8. The van der Waals surface area contributed by atoms with Crippen LogP contribution in [0.1, 0.15) is 68.4 Å². The number of nitrogens with zero attached hydrogens (tertiary/aromatic N) is 4. The van der Waals surface area contributed by atoms with Crippen LogP contribution < -0.4 is 15.0 Å². The van der Waals surface area contributed by atoms with E-state index in [-0.39, 0.29) is 34.2 Å². The number of ether oxygens (including phenoxy) is 2. The number of halogens is 2. The Bertz CT molecular complexity index is 2060. The number of anilines is 1. The lowest BCUT2D eigenvalue weighted by molar-refractivity contribution is -0.0271. The third-order valence-electron chi connectivity index (χ3n) is 12.3. The molecule has 1 aromatic heterocycles. The Labute approximate surface area is 290 Å². The zero-order valence-electron chi connectivity index (χ0n) is 28.1. The summed E-state index contributed by atoms with van der Waals surface area (Å²) in [5.41, 5.74) is 1.73. The van der Waals surface area contributed by atoms with Crippen molar-refractivity contribution >= 4 is 27.5 Å². The van der Waals surface area contributed by atoms with Crippen LogP contribution in [0.2, 0.25) is 0 Å². The van der Waals surface area contributed by atoms with Crippen molar-refractivity contribution in [2.24, 2.45) is 5.41 Å². The molecule has 50 heavy (non-hydrogen) atoms. The van der Waals surface area contributed by atoms with Gasteiger partial charge < -0.3 is 24.8 Å². The van der Waals surface area contributed by atoms with E-state index in [2.05, 4.69) is 21.0 Å². The number of aromatic hydroxyl groups is 1. The van der Waals surface area contributed by atoms with Crippen LogP contribution in [0.3, 0.4) is 0 Å². The van der Waals surface area contributed by atoms with Crippen molar-refractivity contribution in [3.05, 3.63) is 53.1 Å². The number of fused-ring (bicyclic) bond motifs is 6. The van der Waals surface area contributed by atoms with Gasteiger partial charge in [0.2, 0.25) is 0 Å². The SMILES string of the molecule is C#Cc1c(F)ccc2cc(O)cc(-c3c(C4CC4)cc4c(N5CC6CCC(C5)N6)nc(OCC5(CN6C7CCC6COC7)CC5)nc4c3F)c12. The Balaban J connectivity index is 1.11. The number of piperazine rings is 1. The molecule has 4 atom stereocenters. The number of morpholine rings is 1. The van der Waals surface area contributed by atoms with Crippen LogP contribution >= 0.6 is 0 Å². The predicted octanol–water partition coefficient (Wildman–Crippen LogP) is 6.26. The highest BCUT2D eigenvalue weighted by Crippen LogP contribution is 2.51. The number of rotatable bonds is 8. The van der Waals surface area contributed by atoms with E-state index in [1.807, 2.05) is 6.07 Å². The summed E-state index contributed by atoms with van der Waals surface area (Å²) in [6.45, 7) is 4.58. The van der Waals surface area contributed by atoms with Crippen LogP contribution in [0.25, 0.3) is 32.8 Å². The van der Waals surface area contributed by atoms with E-state index >= 15 is 8.78 Å². The van der Waals surface area contributed by atoms with Crippen LogP contribution in [-0.2, 0) is 4.74 Å². The smallest absolute Gasteiger partial charge is 0.319 e. The Hall–Kier alpha value is -4.04. The Kier molecular flexibility index (Phi) is 7.07. The summed E-state index contributed by atoms with van der Waals surface area (Å²) in [5.74, 6) is 2.18. The highest BCUT2D eigenvalue weighted by molar-refractivity contribution is 6.05. The first-order valence-electron chi connectivity index (χ1n) is 18.3. The van der Waals surface area contributed by atoms with Crippen molar-refractivity contribution in [3.8, 4) is 35.2 Å². The maximum absolute atomic E-state index is 17.6. The van der Waals surface area contributed by atoms with Crippen molar-refractivity contribution in [2.75, 3.05) is 44.4 Å². The molecular weight excluding hydrogens is 636 g/mol. The fraction of sp³-hybridized carbons (Fsp3) is 0.500. The number of aromatic nitrogens is 2. The summed E-state index contributed by atoms with van der Waals surface area (Å²) < 4.78 is 45.0. The molecule has 4 unspecified atom stereocenters. The Morgan fingerprint density at radius 3 is 2.46 bits per heavy atom. The Morgan fingerprint density at radius 2 is 1.76 bits per heavy atom. The fourth-order valence-corrected chi connectivity index (χ4v) is 9.34. The molecule has 4 aliphatic heterocycles. The highest BCUT2D eigenvalue weighted by Gasteiger charge is 2.49. The molecule has 6 aliphatic rings. The molecule has 4 aromatic rings. The second-order valence-electron chi connectivity index (χ2n) is 15.7. The van der Waals surface area contributed by atoms with E-state index in [1.165, 1.54) is 31.0 Å². The monoisotopic (exact) mass is 677 g/mol. The minimum Gasteiger partial charge on any atom is -0.508 e. The lowest BCUT2D eigenvalue weighted by Crippen LogP contribution is -2.51. The summed E-state index contributed by atoms with van der Waals surface area (Å²) in [6.07, 6.45) is 14.4. The van der Waals surface area contributed by atoms with Gasteiger partial charge in [0, 0.05) is 65.6 Å². The second kappa shape index (κ2) is 11.5. The number of nitrogens with one attached hydrogen (secondary N) is 1. The molecule has 10 heteroatoms. The van der Waals surface area contributed by atoms with Crippen molar-refractivity contribution in [1.29, 1.82) is 0 Å². The van der Waals surface area contributed by atoms with Crippen molar-refractivity contribution < 1.29 is 23.4 Å². The second-order valence-corrected chi connectivity index (χ2v) is 15.7. The molecule has 2 saturated carbocycles. The molecular formula is C40H41F2N5O3. The molecule has 258 valence electrons. The molecule has 8 nitrogen and oxygen atoms in total. The van der Waals surface area contributed by atoms with E-state index in [0.29, 0.717) is 63.9 Å². The normalized spacial score (nSPS) is 26.9. The molecule has 2 N–H and O–H groups in total. The summed E-state index contributed by atoms with van der Waals surface area (Å²) in [7, 11) is 0. The molecule has 6 fully saturated rings.